The van der Waals surface area contributed by atoms with Crippen LogP contribution in [0.3, 0.4) is 0 Å². The SMILES string of the molecule is CCOC(=O)[C@H](C)C(Nc1ccccc1O)c1ccc(C)cc1. The third-order valence-corrected chi connectivity index (χ3v) is 3.81. The Hall–Kier alpha value is -2.49. The molecule has 4 heteroatoms. The van der Waals surface area contributed by atoms with E-state index in [-0.39, 0.29) is 17.8 Å². The zero-order chi connectivity index (χ0) is 16.8. The molecule has 0 aliphatic heterocycles. The van der Waals surface area contributed by atoms with E-state index in [9.17, 15) is 9.90 Å². The van der Waals surface area contributed by atoms with Crippen molar-refractivity contribution in [1.82, 2.24) is 0 Å². The van der Waals surface area contributed by atoms with Gasteiger partial charge in [-0.3, -0.25) is 4.79 Å². The molecule has 4 nitrogen and oxygen atoms in total. The zero-order valence-corrected chi connectivity index (χ0v) is 13.7. The average Bonchev–Trinajstić information content (AvgIpc) is 2.55. The predicted octanol–water partition coefficient (Wildman–Crippen LogP) is 4.05. The van der Waals surface area contributed by atoms with Gasteiger partial charge in [0.25, 0.3) is 0 Å². The van der Waals surface area contributed by atoms with Gasteiger partial charge in [-0.15, -0.1) is 0 Å². The van der Waals surface area contributed by atoms with Gasteiger partial charge < -0.3 is 15.2 Å². The number of phenols is 1. The Morgan fingerprint density at radius 3 is 2.43 bits per heavy atom. The molecule has 0 aliphatic carbocycles. The van der Waals surface area contributed by atoms with Crippen LogP contribution in [0.5, 0.6) is 5.75 Å². The van der Waals surface area contributed by atoms with Crippen molar-refractivity contribution >= 4 is 11.7 Å². The molecule has 2 atom stereocenters. The van der Waals surface area contributed by atoms with E-state index in [1.165, 1.54) is 0 Å². The third kappa shape index (κ3) is 4.25. The lowest BCUT2D eigenvalue weighted by atomic mass is 9.93. The highest BCUT2D eigenvalue weighted by Crippen LogP contribution is 2.31. The van der Waals surface area contributed by atoms with Crippen LogP contribution in [0.1, 0.15) is 31.0 Å². The lowest BCUT2D eigenvalue weighted by molar-refractivity contribution is -0.147. The molecule has 0 radical (unpaired) electrons. The monoisotopic (exact) mass is 313 g/mol. The molecule has 0 saturated carbocycles. The van der Waals surface area contributed by atoms with Crippen molar-refractivity contribution in [3.05, 3.63) is 59.7 Å². The molecule has 122 valence electrons. The van der Waals surface area contributed by atoms with Crippen molar-refractivity contribution in [3.63, 3.8) is 0 Å². The van der Waals surface area contributed by atoms with E-state index in [1.54, 1.807) is 25.1 Å². The Balaban J connectivity index is 2.32. The van der Waals surface area contributed by atoms with Crippen LogP contribution in [0.25, 0.3) is 0 Å². The molecule has 0 aliphatic rings. The maximum absolute atomic E-state index is 12.2. The first-order chi connectivity index (χ1) is 11.0. The number of aryl methyl sites for hydroxylation is 1. The quantitative estimate of drug-likeness (QED) is 0.624. The van der Waals surface area contributed by atoms with Crippen molar-refractivity contribution in [3.8, 4) is 5.75 Å². The second kappa shape index (κ2) is 7.68. The number of hydrogen-bond donors (Lipinski definition) is 2. The summed E-state index contributed by atoms with van der Waals surface area (Å²) >= 11 is 0. The van der Waals surface area contributed by atoms with Crippen molar-refractivity contribution in [2.24, 2.45) is 5.92 Å². The number of carbonyl (C=O) groups excluding carboxylic acids is 1. The minimum absolute atomic E-state index is 0.153. The summed E-state index contributed by atoms with van der Waals surface area (Å²) < 4.78 is 5.16. The molecular weight excluding hydrogens is 290 g/mol. The maximum Gasteiger partial charge on any atom is 0.311 e. The van der Waals surface area contributed by atoms with Gasteiger partial charge in [-0.25, -0.2) is 0 Å². The molecule has 0 amide bonds. The number of esters is 1. The molecule has 0 bridgehead atoms. The number of anilines is 1. The largest absolute Gasteiger partial charge is 0.506 e. The Morgan fingerprint density at radius 1 is 1.17 bits per heavy atom. The molecule has 2 rings (SSSR count). The molecule has 2 N–H and O–H groups in total. The van der Waals surface area contributed by atoms with E-state index < -0.39 is 5.92 Å². The van der Waals surface area contributed by atoms with E-state index in [1.807, 2.05) is 44.2 Å². The van der Waals surface area contributed by atoms with E-state index in [4.69, 9.17) is 4.74 Å². The summed E-state index contributed by atoms with van der Waals surface area (Å²) in [5.74, 6) is -0.501. The zero-order valence-electron chi connectivity index (χ0n) is 13.7. The highest BCUT2D eigenvalue weighted by atomic mass is 16.5. The van der Waals surface area contributed by atoms with E-state index in [0.29, 0.717) is 12.3 Å². The number of aromatic hydroxyl groups is 1. The van der Waals surface area contributed by atoms with Gasteiger partial charge in [0.15, 0.2) is 0 Å². The van der Waals surface area contributed by atoms with E-state index in [0.717, 1.165) is 11.1 Å². The highest BCUT2D eigenvalue weighted by molar-refractivity contribution is 5.74. The fourth-order valence-corrected chi connectivity index (χ4v) is 2.44. The number of ether oxygens (including phenoxy) is 1. The fourth-order valence-electron chi connectivity index (χ4n) is 2.44. The average molecular weight is 313 g/mol. The van der Waals surface area contributed by atoms with Gasteiger partial charge in [0, 0.05) is 0 Å². The lowest BCUT2D eigenvalue weighted by Gasteiger charge is -2.26. The Morgan fingerprint density at radius 2 is 1.83 bits per heavy atom. The van der Waals surface area contributed by atoms with Crippen LogP contribution in [0.15, 0.2) is 48.5 Å². The maximum atomic E-state index is 12.2. The number of benzene rings is 2. The summed E-state index contributed by atoms with van der Waals surface area (Å²) in [6.07, 6.45) is 0. The number of rotatable bonds is 6. The molecule has 1 unspecified atom stereocenters. The van der Waals surface area contributed by atoms with Gasteiger partial charge in [0.2, 0.25) is 0 Å². The summed E-state index contributed by atoms with van der Waals surface area (Å²) in [4.78, 5) is 12.2. The van der Waals surface area contributed by atoms with Crippen LogP contribution in [-0.4, -0.2) is 17.7 Å². The van der Waals surface area contributed by atoms with Crippen molar-refractivity contribution in [2.75, 3.05) is 11.9 Å². The van der Waals surface area contributed by atoms with Gasteiger partial charge in [-0.05, 0) is 38.5 Å². The Kier molecular flexibility index (Phi) is 5.63. The van der Waals surface area contributed by atoms with Crippen LogP contribution in [0, 0.1) is 12.8 Å². The first kappa shape index (κ1) is 16.9. The van der Waals surface area contributed by atoms with Crippen molar-refractivity contribution < 1.29 is 14.6 Å². The van der Waals surface area contributed by atoms with E-state index in [2.05, 4.69) is 5.32 Å². The first-order valence-electron chi connectivity index (χ1n) is 7.80. The standard InChI is InChI=1S/C19H23NO3/c1-4-23-19(22)14(3)18(15-11-9-13(2)10-12-15)20-16-7-5-6-8-17(16)21/h5-12,14,18,20-21H,4H2,1-3H3/t14-,18?/m1/s1. The van der Waals surface area contributed by atoms with Gasteiger partial charge in [0.1, 0.15) is 5.75 Å². The van der Waals surface area contributed by atoms with Crippen molar-refractivity contribution in [2.45, 2.75) is 26.8 Å². The number of carbonyl (C=O) groups is 1. The molecule has 0 heterocycles. The Bertz CT molecular complexity index is 652. The molecule has 0 aromatic heterocycles. The molecular formula is C19H23NO3. The fraction of sp³-hybridized carbons (Fsp3) is 0.316. The second-order valence-electron chi connectivity index (χ2n) is 5.59. The van der Waals surface area contributed by atoms with Crippen LogP contribution in [0.2, 0.25) is 0 Å². The van der Waals surface area contributed by atoms with Gasteiger partial charge in [-0.1, -0.05) is 42.0 Å². The van der Waals surface area contributed by atoms with Crippen LogP contribution >= 0.6 is 0 Å². The highest BCUT2D eigenvalue weighted by Gasteiger charge is 2.27. The van der Waals surface area contributed by atoms with Gasteiger partial charge >= 0.3 is 5.97 Å². The van der Waals surface area contributed by atoms with Gasteiger partial charge in [-0.2, -0.15) is 0 Å². The van der Waals surface area contributed by atoms with E-state index >= 15 is 0 Å². The predicted molar refractivity (Wildman–Crippen MR) is 91.4 cm³/mol. The molecule has 0 saturated heterocycles. The minimum atomic E-state index is -0.391. The molecule has 23 heavy (non-hydrogen) atoms. The normalized spacial score (nSPS) is 13.2. The molecule has 2 aromatic rings. The summed E-state index contributed by atoms with van der Waals surface area (Å²) in [6.45, 7) is 5.99. The Labute approximate surface area is 137 Å². The minimum Gasteiger partial charge on any atom is -0.506 e. The van der Waals surface area contributed by atoms with Crippen LogP contribution in [0.4, 0.5) is 5.69 Å². The third-order valence-electron chi connectivity index (χ3n) is 3.81. The van der Waals surface area contributed by atoms with Crippen molar-refractivity contribution in [1.29, 1.82) is 0 Å². The summed E-state index contributed by atoms with van der Waals surface area (Å²) in [5.41, 5.74) is 2.72. The number of hydrogen-bond acceptors (Lipinski definition) is 4. The topological polar surface area (TPSA) is 58.6 Å². The molecule has 0 fully saturated rings. The smallest absolute Gasteiger partial charge is 0.311 e. The summed E-state index contributed by atoms with van der Waals surface area (Å²) in [5, 5.41) is 13.3. The van der Waals surface area contributed by atoms with Gasteiger partial charge in [0.05, 0.1) is 24.3 Å². The number of phenolic OH excluding ortho intramolecular Hbond substituents is 1. The molecule has 0 spiro atoms. The number of nitrogens with one attached hydrogen (secondary N) is 1. The number of para-hydroxylation sites is 2. The lowest BCUT2D eigenvalue weighted by Crippen LogP contribution is -2.27. The molecule has 2 aromatic carbocycles. The summed E-state index contributed by atoms with van der Waals surface area (Å²) in [6, 6.07) is 14.7. The second-order valence-corrected chi connectivity index (χ2v) is 5.59. The first-order valence-corrected chi connectivity index (χ1v) is 7.80. The van der Waals surface area contributed by atoms with Crippen LogP contribution in [-0.2, 0) is 9.53 Å². The van der Waals surface area contributed by atoms with Crippen LogP contribution < -0.4 is 5.32 Å². The summed E-state index contributed by atoms with van der Waals surface area (Å²) in [7, 11) is 0.